The Bertz CT molecular complexity index is 1520. The van der Waals surface area contributed by atoms with E-state index in [1.807, 2.05) is 79.0 Å². The molecule has 0 atom stereocenters. The van der Waals surface area contributed by atoms with Gasteiger partial charge in [-0.2, -0.15) is 5.10 Å². The summed E-state index contributed by atoms with van der Waals surface area (Å²) in [5, 5.41) is 13.7. The molecular formula is C26H19N7O. The third kappa shape index (κ3) is 3.73. The van der Waals surface area contributed by atoms with Gasteiger partial charge in [0, 0.05) is 52.3 Å². The summed E-state index contributed by atoms with van der Waals surface area (Å²) in [6, 6.07) is 21.3. The number of carbonyl (C=O) groups is 1. The van der Waals surface area contributed by atoms with E-state index in [1.165, 1.54) is 0 Å². The van der Waals surface area contributed by atoms with Crippen molar-refractivity contribution in [1.82, 2.24) is 25.1 Å². The van der Waals surface area contributed by atoms with E-state index >= 15 is 0 Å². The van der Waals surface area contributed by atoms with Gasteiger partial charge in [0.2, 0.25) is 0 Å². The molecule has 2 aromatic carbocycles. The SMILES string of the molecule is O=C1Nc2cc(Nc3cccc(-c4nc(-c5cccnc5)n[nH]4)c3)ccc2C1=Cc1ccc[nH]1. The van der Waals surface area contributed by atoms with Crippen molar-refractivity contribution < 1.29 is 4.79 Å². The van der Waals surface area contributed by atoms with Crippen LogP contribution in [0.3, 0.4) is 0 Å². The monoisotopic (exact) mass is 445 g/mol. The van der Waals surface area contributed by atoms with Crippen molar-refractivity contribution in [3.63, 3.8) is 0 Å². The van der Waals surface area contributed by atoms with Crippen LogP contribution in [0, 0.1) is 0 Å². The number of hydrogen-bond acceptors (Lipinski definition) is 5. The predicted octanol–water partition coefficient (Wildman–Crippen LogP) is 5.10. The first-order valence-electron chi connectivity index (χ1n) is 10.7. The van der Waals surface area contributed by atoms with Crippen LogP contribution in [0.1, 0.15) is 11.3 Å². The van der Waals surface area contributed by atoms with Gasteiger partial charge in [0.05, 0.1) is 11.3 Å². The average Bonchev–Trinajstić information content (AvgIpc) is 3.61. The molecular weight excluding hydrogens is 426 g/mol. The van der Waals surface area contributed by atoms with E-state index in [1.54, 1.807) is 12.4 Å². The van der Waals surface area contributed by atoms with Crippen LogP contribution in [0.4, 0.5) is 17.1 Å². The number of nitrogens with one attached hydrogen (secondary N) is 4. The largest absolute Gasteiger partial charge is 0.362 e. The van der Waals surface area contributed by atoms with Crippen LogP contribution in [-0.4, -0.2) is 31.1 Å². The number of H-pyrrole nitrogens is 2. The molecule has 34 heavy (non-hydrogen) atoms. The summed E-state index contributed by atoms with van der Waals surface area (Å²) in [5.74, 6) is 1.15. The molecule has 6 rings (SSSR count). The number of rotatable bonds is 5. The quantitative estimate of drug-likeness (QED) is 0.281. The second-order valence-corrected chi connectivity index (χ2v) is 7.85. The third-order valence-electron chi connectivity index (χ3n) is 5.55. The van der Waals surface area contributed by atoms with E-state index in [9.17, 15) is 4.79 Å². The van der Waals surface area contributed by atoms with Gasteiger partial charge in [-0.05, 0) is 54.6 Å². The van der Waals surface area contributed by atoms with Gasteiger partial charge >= 0.3 is 0 Å². The van der Waals surface area contributed by atoms with Crippen molar-refractivity contribution in [3.8, 4) is 22.8 Å². The maximum atomic E-state index is 12.5. The van der Waals surface area contributed by atoms with Gasteiger partial charge in [-0.3, -0.25) is 14.9 Å². The molecule has 0 saturated heterocycles. The number of anilines is 3. The molecule has 5 aromatic rings. The van der Waals surface area contributed by atoms with Crippen LogP contribution in [0.5, 0.6) is 0 Å². The fraction of sp³-hybridized carbons (Fsp3) is 0. The smallest absolute Gasteiger partial charge is 0.256 e. The van der Waals surface area contributed by atoms with E-state index < -0.39 is 0 Å². The zero-order valence-electron chi connectivity index (χ0n) is 17.9. The first kappa shape index (κ1) is 19.7. The lowest BCUT2D eigenvalue weighted by molar-refractivity contribution is -0.110. The van der Waals surface area contributed by atoms with Crippen molar-refractivity contribution in [1.29, 1.82) is 0 Å². The molecule has 164 valence electrons. The zero-order valence-corrected chi connectivity index (χ0v) is 17.9. The van der Waals surface area contributed by atoms with Crippen molar-refractivity contribution in [3.05, 3.63) is 96.6 Å². The lowest BCUT2D eigenvalue weighted by atomic mass is 10.1. The molecule has 0 bridgehead atoms. The highest BCUT2D eigenvalue weighted by atomic mass is 16.2. The molecule has 3 aromatic heterocycles. The minimum absolute atomic E-state index is 0.113. The fourth-order valence-electron chi connectivity index (χ4n) is 3.93. The van der Waals surface area contributed by atoms with Gasteiger partial charge < -0.3 is 15.6 Å². The number of pyridine rings is 1. The van der Waals surface area contributed by atoms with Gasteiger partial charge in [0.15, 0.2) is 11.6 Å². The molecule has 0 spiro atoms. The molecule has 8 nitrogen and oxygen atoms in total. The standard InChI is InChI=1S/C26H19N7O/c34-26-22(13-18-7-3-11-28-18)21-9-8-20(14-23(21)30-26)29-19-6-1-4-16(12-19)24-31-25(33-32-24)17-5-2-10-27-15-17/h1-15,28-29H,(H,30,34)(H,31,32,33). The van der Waals surface area contributed by atoms with Gasteiger partial charge in [-0.1, -0.05) is 18.2 Å². The van der Waals surface area contributed by atoms with Crippen LogP contribution >= 0.6 is 0 Å². The van der Waals surface area contributed by atoms with Crippen molar-refractivity contribution in [2.75, 3.05) is 10.6 Å². The fourth-order valence-corrected chi connectivity index (χ4v) is 3.93. The minimum Gasteiger partial charge on any atom is -0.362 e. The highest BCUT2D eigenvalue weighted by molar-refractivity contribution is 6.35. The normalized spacial score (nSPS) is 13.6. The van der Waals surface area contributed by atoms with Crippen LogP contribution in [0.25, 0.3) is 34.4 Å². The molecule has 1 aliphatic heterocycles. The number of nitrogens with zero attached hydrogens (tertiary/aromatic N) is 3. The number of aromatic amines is 2. The zero-order chi connectivity index (χ0) is 22.9. The number of benzene rings is 2. The summed E-state index contributed by atoms with van der Waals surface area (Å²) in [5.41, 5.74) is 6.69. The Morgan fingerprint density at radius 1 is 0.912 bits per heavy atom. The number of amides is 1. The van der Waals surface area contributed by atoms with Gasteiger partial charge in [0.1, 0.15) is 0 Å². The molecule has 0 aliphatic carbocycles. The maximum Gasteiger partial charge on any atom is 0.256 e. The Hall–Kier alpha value is -4.98. The minimum atomic E-state index is -0.113. The highest BCUT2D eigenvalue weighted by Crippen LogP contribution is 2.36. The summed E-state index contributed by atoms with van der Waals surface area (Å²) >= 11 is 0. The van der Waals surface area contributed by atoms with Crippen molar-refractivity contribution in [2.45, 2.75) is 0 Å². The number of carbonyl (C=O) groups excluding carboxylic acids is 1. The molecule has 8 heteroatoms. The Morgan fingerprint density at radius 2 is 1.82 bits per heavy atom. The van der Waals surface area contributed by atoms with E-state index in [-0.39, 0.29) is 5.91 Å². The summed E-state index contributed by atoms with van der Waals surface area (Å²) in [4.78, 5) is 24.3. The lowest BCUT2D eigenvalue weighted by Gasteiger charge is -2.09. The molecule has 1 amide bonds. The van der Waals surface area contributed by atoms with Crippen molar-refractivity contribution >= 4 is 34.6 Å². The summed E-state index contributed by atoms with van der Waals surface area (Å²) in [6.07, 6.45) is 7.14. The van der Waals surface area contributed by atoms with Gasteiger partial charge in [0.25, 0.3) is 5.91 Å². The van der Waals surface area contributed by atoms with E-state index in [4.69, 9.17) is 0 Å². The number of hydrogen-bond donors (Lipinski definition) is 4. The Morgan fingerprint density at radius 3 is 2.68 bits per heavy atom. The van der Waals surface area contributed by atoms with Crippen LogP contribution in [0.2, 0.25) is 0 Å². The predicted molar refractivity (Wildman–Crippen MR) is 132 cm³/mol. The second kappa shape index (κ2) is 8.18. The Kier molecular flexibility index (Phi) is 4.73. The number of fused-ring (bicyclic) bond motifs is 1. The summed E-state index contributed by atoms with van der Waals surface area (Å²) < 4.78 is 0. The third-order valence-corrected chi connectivity index (χ3v) is 5.55. The van der Waals surface area contributed by atoms with Gasteiger partial charge in [-0.25, -0.2) is 4.98 Å². The molecule has 1 aliphatic rings. The summed E-state index contributed by atoms with van der Waals surface area (Å²) in [6.45, 7) is 0. The molecule has 0 unspecified atom stereocenters. The van der Waals surface area contributed by atoms with Gasteiger partial charge in [-0.15, -0.1) is 0 Å². The van der Waals surface area contributed by atoms with E-state index in [0.29, 0.717) is 17.2 Å². The number of aromatic nitrogens is 5. The molecule has 4 N–H and O–H groups in total. The Labute approximate surface area is 194 Å². The molecule has 4 heterocycles. The van der Waals surface area contributed by atoms with E-state index in [0.717, 1.165) is 39.4 Å². The first-order chi connectivity index (χ1) is 16.7. The molecule has 0 fully saturated rings. The van der Waals surface area contributed by atoms with Crippen LogP contribution in [-0.2, 0) is 4.79 Å². The first-order valence-corrected chi connectivity index (χ1v) is 10.7. The van der Waals surface area contributed by atoms with Crippen LogP contribution in [0.15, 0.2) is 85.3 Å². The second-order valence-electron chi connectivity index (χ2n) is 7.85. The molecule has 0 saturated carbocycles. The van der Waals surface area contributed by atoms with Crippen molar-refractivity contribution in [2.24, 2.45) is 0 Å². The lowest BCUT2D eigenvalue weighted by Crippen LogP contribution is -2.03. The Balaban J connectivity index is 1.24. The topological polar surface area (TPSA) is 111 Å². The molecule has 0 radical (unpaired) electrons. The average molecular weight is 445 g/mol. The highest BCUT2D eigenvalue weighted by Gasteiger charge is 2.24. The maximum absolute atomic E-state index is 12.5. The van der Waals surface area contributed by atoms with E-state index in [2.05, 4.69) is 35.8 Å². The summed E-state index contributed by atoms with van der Waals surface area (Å²) in [7, 11) is 0. The van der Waals surface area contributed by atoms with Crippen LogP contribution < -0.4 is 10.6 Å².